The van der Waals surface area contributed by atoms with Crippen LogP contribution in [0.5, 0.6) is 5.75 Å². The number of hydrogen-bond acceptors (Lipinski definition) is 12. The minimum atomic E-state index is -0.0638. The van der Waals surface area contributed by atoms with Gasteiger partial charge in [-0.3, -0.25) is 10.2 Å². The van der Waals surface area contributed by atoms with Crippen LogP contribution in [0.3, 0.4) is 0 Å². The summed E-state index contributed by atoms with van der Waals surface area (Å²) in [5.41, 5.74) is 14.4. The predicted molar refractivity (Wildman–Crippen MR) is 204 cm³/mol. The van der Waals surface area contributed by atoms with Crippen LogP contribution in [-0.4, -0.2) is 146 Å². The minimum Gasteiger partial charge on any atom is -0.495 e. The lowest BCUT2D eigenvalue weighted by Crippen LogP contribution is -2.35. The second-order valence-corrected chi connectivity index (χ2v) is 12.5. The first-order valence-electron chi connectivity index (χ1n) is 18.7. The maximum Gasteiger partial charge on any atom is 0.223 e. The first kappa shape index (κ1) is 42.8. The van der Waals surface area contributed by atoms with E-state index in [2.05, 4.69) is 20.3 Å². The Kier molecular flexibility index (Phi) is 20.0. The molecule has 2 aromatic heterocycles. The Morgan fingerprint density at radius 3 is 1.94 bits per heavy atom. The summed E-state index contributed by atoms with van der Waals surface area (Å²) in [6.45, 7) is 7.80. The number of aromatic amines is 2. The largest absolute Gasteiger partial charge is 0.495 e. The lowest BCUT2D eigenvalue weighted by Gasteiger charge is -2.26. The van der Waals surface area contributed by atoms with Crippen molar-refractivity contribution >= 4 is 29.0 Å². The molecular formula is C37H58N8O9. The number of nitrogens with one attached hydrogen (secondary N) is 4. The van der Waals surface area contributed by atoms with Crippen LogP contribution < -0.4 is 21.5 Å². The molecule has 0 atom stereocenters. The van der Waals surface area contributed by atoms with E-state index in [0.717, 1.165) is 60.2 Å². The fourth-order valence-electron chi connectivity index (χ4n) is 6.05. The van der Waals surface area contributed by atoms with Crippen LogP contribution in [0.1, 0.15) is 43.1 Å². The van der Waals surface area contributed by atoms with E-state index in [4.69, 9.17) is 59.8 Å². The lowest BCUT2D eigenvalue weighted by atomic mass is 9.81. The number of imidazole rings is 1. The predicted octanol–water partition coefficient (Wildman–Crippen LogP) is 2.34. The van der Waals surface area contributed by atoms with Crippen molar-refractivity contribution in [3.8, 4) is 17.1 Å². The number of amides is 1. The summed E-state index contributed by atoms with van der Waals surface area (Å²) in [6.07, 6.45) is 4.01. The van der Waals surface area contributed by atoms with Crippen molar-refractivity contribution in [3.05, 3.63) is 35.8 Å². The van der Waals surface area contributed by atoms with Gasteiger partial charge in [-0.05, 0) is 37.8 Å². The van der Waals surface area contributed by atoms with Gasteiger partial charge in [0.05, 0.1) is 111 Å². The zero-order valence-electron chi connectivity index (χ0n) is 31.4. The van der Waals surface area contributed by atoms with Gasteiger partial charge in [-0.2, -0.15) is 0 Å². The Morgan fingerprint density at radius 1 is 0.852 bits per heavy atom. The lowest BCUT2D eigenvalue weighted by molar-refractivity contribution is -0.126. The molecule has 0 radical (unpaired) electrons. The Hall–Kier alpha value is -3.94. The molecular weight excluding hydrogens is 700 g/mol. The fraction of sp³-hybridized carbons (Fsp3) is 0.622. The van der Waals surface area contributed by atoms with Crippen molar-refractivity contribution in [2.75, 3.05) is 113 Å². The number of H-pyrrole nitrogens is 2. The number of aromatic nitrogens is 3. The van der Waals surface area contributed by atoms with Gasteiger partial charge in [0.15, 0.2) is 5.84 Å². The van der Waals surface area contributed by atoms with Crippen molar-refractivity contribution in [1.82, 2.24) is 20.3 Å². The van der Waals surface area contributed by atoms with E-state index in [9.17, 15) is 4.79 Å². The maximum atomic E-state index is 12.9. The van der Waals surface area contributed by atoms with E-state index in [1.165, 1.54) is 0 Å². The topological polar surface area (TPSA) is 236 Å². The molecule has 1 aliphatic carbocycles. The van der Waals surface area contributed by atoms with E-state index in [0.29, 0.717) is 117 Å². The molecule has 0 aliphatic heterocycles. The number of para-hydroxylation sites is 1. The normalized spacial score (nSPS) is 16.2. The van der Waals surface area contributed by atoms with Crippen LogP contribution in [-0.2, 0) is 38.0 Å². The zero-order chi connectivity index (χ0) is 38.2. The number of aliphatic imine (C=N–C) groups is 1. The number of nitrogens with zero attached hydrogens (tertiary/aromatic N) is 2. The molecule has 1 aliphatic rings. The van der Waals surface area contributed by atoms with Crippen LogP contribution in [0.4, 0.5) is 0 Å². The first-order chi connectivity index (χ1) is 26.5. The second-order valence-electron chi connectivity index (χ2n) is 12.5. The van der Waals surface area contributed by atoms with Crippen molar-refractivity contribution in [1.29, 1.82) is 5.41 Å². The number of amidine groups is 1. The number of ether oxygens (including phenoxy) is 8. The fourth-order valence-corrected chi connectivity index (χ4v) is 6.05. The van der Waals surface area contributed by atoms with Gasteiger partial charge in [0.1, 0.15) is 29.3 Å². The molecule has 1 aromatic carbocycles. The van der Waals surface area contributed by atoms with Crippen LogP contribution in [0.15, 0.2) is 29.3 Å². The molecule has 3 aromatic rings. The average Bonchev–Trinajstić information content (AvgIpc) is 3.84. The maximum absolute atomic E-state index is 12.9. The van der Waals surface area contributed by atoms with E-state index < -0.39 is 0 Å². The summed E-state index contributed by atoms with van der Waals surface area (Å²) < 4.78 is 43.7. The molecule has 1 fully saturated rings. The Bertz CT molecular complexity index is 1540. The summed E-state index contributed by atoms with van der Waals surface area (Å²) in [6, 6.07) is 7.81. The van der Waals surface area contributed by atoms with Crippen molar-refractivity contribution < 1.29 is 42.7 Å². The molecule has 0 saturated heterocycles. The highest BCUT2D eigenvalue weighted by molar-refractivity contribution is 6.04. The molecule has 1 saturated carbocycles. The third kappa shape index (κ3) is 14.4. The van der Waals surface area contributed by atoms with Gasteiger partial charge in [0, 0.05) is 30.3 Å². The summed E-state index contributed by atoms with van der Waals surface area (Å²) in [5.74, 6) is 1.81. The Balaban J connectivity index is 1.01. The molecule has 4 rings (SSSR count). The van der Waals surface area contributed by atoms with Gasteiger partial charge in [-0.1, -0.05) is 12.1 Å². The van der Waals surface area contributed by atoms with Gasteiger partial charge in [0.25, 0.3) is 0 Å². The van der Waals surface area contributed by atoms with E-state index >= 15 is 0 Å². The molecule has 2 heterocycles. The Labute approximate surface area is 316 Å². The number of hydrogen-bond donors (Lipinski definition) is 6. The van der Waals surface area contributed by atoms with Crippen LogP contribution >= 0.6 is 0 Å². The smallest absolute Gasteiger partial charge is 0.223 e. The van der Waals surface area contributed by atoms with Crippen LogP contribution in [0.25, 0.3) is 22.3 Å². The summed E-state index contributed by atoms with van der Waals surface area (Å²) in [7, 11) is 1.63. The monoisotopic (exact) mass is 758 g/mol. The van der Waals surface area contributed by atoms with Gasteiger partial charge in [0.2, 0.25) is 5.91 Å². The molecule has 1 amide bonds. The van der Waals surface area contributed by atoms with Crippen LogP contribution in [0, 0.1) is 11.3 Å². The van der Waals surface area contributed by atoms with E-state index in [1.54, 1.807) is 7.11 Å². The molecule has 0 unspecified atom stereocenters. The number of fused-ring (bicyclic) bond motifs is 1. The third-order valence-corrected chi connectivity index (χ3v) is 8.80. The quantitative estimate of drug-likeness (QED) is 0.0340. The standard InChI is InChI=1S/C37H58N8O9/c1-47-31-4-2-3-29-25-30(43-32(29)31)33-34(35(40)42-26-39)45-36(44-33)27-5-7-28(8-6-27)37(46)41-10-12-49-14-16-51-18-20-53-22-24-54-23-21-52-19-17-50-15-13-48-11-9-38/h2-4,25-28,43H,5-24,38H2,1H3,(H,41,46)(H,44,45)(H3,39,40,42). The van der Waals surface area contributed by atoms with E-state index in [1.807, 2.05) is 24.3 Å². The van der Waals surface area contributed by atoms with Crippen molar-refractivity contribution in [2.24, 2.45) is 22.4 Å². The zero-order valence-corrected chi connectivity index (χ0v) is 31.4. The molecule has 0 bridgehead atoms. The first-order valence-corrected chi connectivity index (χ1v) is 18.7. The molecule has 17 nitrogen and oxygen atoms in total. The minimum absolute atomic E-state index is 0.0444. The highest BCUT2D eigenvalue weighted by Gasteiger charge is 2.30. The number of rotatable bonds is 29. The highest BCUT2D eigenvalue weighted by Crippen LogP contribution is 2.37. The summed E-state index contributed by atoms with van der Waals surface area (Å²) >= 11 is 0. The second kappa shape index (κ2) is 25.2. The van der Waals surface area contributed by atoms with E-state index in [-0.39, 0.29) is 23.6 Å². The molecule has 8 N–H and O–H groups in total. The summed E-state index contributed by atoms with van der Waals surface area (Å²) in [5, 5.41) is 11.4. The number of benzene rings is 1. The summed E-state index contributed by atoms with van der Waals surface area (Å²) in [4.78, 5) is 28.6. The molecule has 17 heteroatoms. The molecule has 54 heavy (non-hydrogen) atoms. The van der Waals surface area contributed by atoms with Gasteiger partial charge in [-0.15, -0.1) is 0 Å². The van der Waals surface area contributed by atoms with Gasteiger partial charge >= 0.3 is 0 Å². The number of carbonyl (C=O) groups excluding carboxylic acids is 1. The van der Waals surface area contributed by atoms with Gasteiger partial charge < -0.3 is 64.6 Å². The average molecular weight is 759 g/mol. The van der Waals surface area contributed by atoms with Crippen molar-refractivity contribution in [3.63, 3.8) is 0 Å². The van der Waals surface area contributed by atoms with Crippen LogP contribution in [0.2, 0.25) is 0 Å². The Morgan fingerprint density at radius 2 is 1.41 bits per heavy atom. The van der Waals surface area contributed by atoms with Crippen molar-refractivity contribution in [2.45, 2.75) is 31.6 Å². The SMILES string of the molecule is COc1cccc2cc(-c3nc(C4CCC(C(=O)NCCOCCOCCOCCOCCOCCOCCOCCN)CC4)[nH]c3C(N)=NC=N)[nH]c12. The number of nitrogens with two attached hydrogens (primary N) is 2. The van der Waals surface area contributed by atoms with Gasteiger partial charge in [-0.25, -0.2) is 9.98 Å². The highest BCUT2D eigenvalue weighted by atomic mass is 16.6. The number of carbonyl (C=O) groups is 1. The third-order valence-electron chi connectivity index (χ3n) is 8.80. The molecule has 300 valence electrons. The number of methoxy groups -OCH3 is 1. The molecule has 0 spiro atoms.